The van der Waals surface area contributed by atoms with Crippen molar-refractivity contribution in [1.29, 1.82) is 0 Å². The average Bonchev–Trinajstić information content (AvgIpc) is 2.71. The molecule has 0 saturated heterocycles. The summed E-state index contributed by atoms with van der Waals surface area (Å²) in [6.07, 6.45) is 0.0333. The highest BCUT2D eigenvalue weighted by atomic mass is 16.4. The first-order valence-electron chi connectivity index (χ1n) is 10.9. The Morgan fingerprint density at radius 3 is 1.88 bits per heavy atom. The van der Waals surface area contributed by atoms with E-state index in [9.17, 15) is 24.0 Å². The molecular formula is C20H37N7O7. The van der Waals surface area contributed by atoms with Gasteiger partial charge < -0.3 is 43.4 Å². The van der Waals surface area contributed by atoms with Crippen molar-refractivity contribution in [3.8, 4) is 0 Å². The van der Waals surface area contributed by atoms with Gasteiger partial charge in [0.15, 0.2) is 5.96 Å². The lowest BCUT2D eigenvalue weighted by atomic mass is 10.0. The number of guanidine groups is 1. The maximum Gasteiger partial charge on any atom is 0.325 e. The Morgan fingerprint density at radius 1 is 0.853 bits per heavy atom. The Balaban J connectivity index is 5.51. The number of hydrogen-bond acceptors (Lipinski definition) is 7. The lowest BCUT2D eigenvalue weighted by molar-refractivity contribution is -0.142. The van der Waals surface area contributed by atoms with E-state index in [2.05, 4.69) is 20.9 Å². The summed E-state index contributed by atoms with van der Waals surface area (Å²) in [5, 5.41) is 25.1. The second-order valence-electron chi connectivity index (χ2n) is 8.31. The third-order valence-electron chi connectivity index (χ3n) is 4.65. The second-order valence-corrected chi connectivity index (χ2v) is 8.31. The van der Waals surface area contributed by atoms with Crippen molar-refractivity contribution in [1.82, 2.24) is 16.0 Å². The first kappa shape index (κ1) is 30.6. The molecule has 0 aromatic carbocycles. The molecule has 4 atom stereocenters. The number of nitrogens with zero attached hydrogens (tertiary/aromatic N) is 1. The monoisotopic (exact) mass is 487 g/mol. The normalized spacial score (nSPS) is 14.3. The molecule has 0 aromatic heterocycles. The predicted molar refractivity (Wildman–Crippen MR) is 123 cm³/mol. The molecule has 11 N–H and O–H groups in total. The Kier molecular flexibility index (Phi) is 13.9. The van der Waals surface area contributed by atoms with Crippen LogP contribution in [0, 0.1) is 5.92 Å². The highest BCUT2D eigenvalue weighted by Crippen LogP contribution is 2.07. The maximum absolute atomic E-state index is 12.9. The Morgan fingerprint density at radius 2 is 1.38 bits per heavy atom. The van der Waals surface area contributed by atoms with E-state index < -0.39 is 60.2 Å². The summed E-state index contributed by atoms with van der Waals surface area (Å²) in [6.45, 7) is 5.17. The van der Waals surface area contributed by atoms with Crippen molar-refractivity contribution >= 4 is 35.6 Å². The quantitative estimate of drug-likeness (QED) is 0.0664. The van der Waals surface area contributed by atoms with Gasteiger partial charge in [-0.25, -0.2) is 0 Å². The van der Waals surface area contributed by atoms with Crippen LogP contribution >= 0.6 is 0 Å². The van der Waals surface area contributed by atoms with Crippen LogP contribution in [-0.2, 0) is 24.0 Å². The number of carbonyl (C=O) groups is 5. The minimum atomic E-state index is -1.34. The van der Waals surface area contributed by atoms with Crippen LogP contribution < -0.4 is 33.2 Å². The fraction of sp³-hybridized carbons (Fsp3) is 0.700. The molecule has 0 aromatic rings. The van der Waals surface area contributed by atoms with Gasteiger partial charge in [0.05, 0.1) is 6.04 Å². The molecule has 0 aliphatic heterocycles. The molecular weight excluding hydrogens is 450 g/mol. The van der Waals surface area contributed by atoms with E-state index in [4.69, 9.17) is 27.4 Å². The minimum Gasteiger partial charge on any atom is -0.481 e. The standard InChI is InChI=1S/C20H37N7O7/c1-10(2)9-12(21)16(30)26-13(5-4-8-24-20(22)23)18(32)27-14(6-7-15(28)29)17(31)25-11(3)19(33)34/h10-14H,4-9,21H2,1-3H3,(H,25,31)(H,26,30)(H,27,32)(H,28,29)(H,33,34)(H4,22,23,24). The average molecular weight is 488 g/mol. The molecule has 14 heteroatoms. The third-order valence-corrected chi connectivity index (χ3v) is 4.65. The number of amides is 3. The maximum atomic E-state index is 12.9. The first-order chi connectivity index (χ1) is 15.7. The fourth-order valence-electron chi connectivity index (χ4n) is 2.85. The van der Waals surface area contributed by atoms with E-state index >= 15 is 0 Å². The summed E-state index contributed by atoms with van der Waals surface area (Å²) in [6, 6.07) is -4.58. The van der Waals surface area contributed by atoms with Gasteiger partial charge >= 0.3 is 11.9 Å². The minimum absolute atomic E-state index is 0.0988. The molecule has 0 spiro atoms. The smallest absolute Gasteiger partial charge is 0.325 e. The number of nitrogens with two attached hydrogens (primary N) is 3. The molecule has 0 aliphatic carbocycles. The lowest BCUT2D eigenvalue weighted by Crippen LogP contribution is -2.57. The number of aliphatic carboxylic acids is 2. The van der Waals surface area contributed by atoms with Gasteiger partial charge in [0, 0.05) is 13.0 Å². The van der Waals surface area contributed by atoms with Gasteiger partial charge in [0.2, 0.25) is 17.7 Å². The van der Waals surface area contributed by atoms with Crippen LogP contribution in [0.3, 0.4) is 0 Å². The summed E-state index contributed by atoms with van der Waals surface area (Å²) in [7, 11) is 0. The topological polar surface area (TPSA) is 252 Å². The van der Waals surface area contributed by atoms with E-state index in [-0.39, 0.29) is 31.3 Å². The van der Waals surface area contributed by atoms with Crippen molar-refractivity contribution in [3.05, 3.63) is 0 Å². The Hall–Kier alpha value is -3.42. The molecule has 0 bridgehead atoms. The summed E-state index contributed by atoms with van der Waals surface area (Å²) in [4.78, 5) is 63.7. The molecule has 0 saturated carbocycles. The Bertz CT molecular complexity index is 754. The van der Waals surface area contributed by atoms with Crippen molar-refractivity contribution in [2.45, 2.75) is 77.0 Å². The number of hydrogen-bond donors (Lipinski definition) is 8. The van der Waals surface area contributed by atoms with Gasteiger partial charge in [-0.15, -0.1) is 0 Å². The summed E-state index contributed by atoms with van der Waals surface area (Å²) in [5.74, 6) is -4.71. The fourth-order valence-corrected chi connectivity index (χ4v) is 2.85. The van der Waals surface area contributed by atoms with Crippen LogP contribution in [0.2, 0.25) is 0 Å². The van der Waals surface area contributed by atoms with Crippen molar-refractivity contribution in [2.75, 3.05) is 6.54 Å². The molecule has 0 radical (unpaired) electrons. The SMILES string of the molecule is CC(C)CC(N)C(=O)NC(CCCN=C(N)N)C(=O)NC(CCC(=O)O)C(=O)NC(C)C(=O)O. The molecule has 3 amide bonds. The van der Waals surface area contributed by atoms with E-state index in [1.807, 2.05) is 13.8 Å². The zero-order chi connectivity index (χ0) is 26.4. The van der Waals surface area contributed by atoms with Crippen molar-refractivity contribution in [2.24, 2.45) is 28.1 Å². The van der Waals surface area contributed by atoms with Crippen LogP contribution in [0.4, 0.5) is 0 Å². The van der Waals surface area contributed by atoms with Gasteiger partial charge in [-0.1, -0.05) is 13.8 Å². The van der Waals surface area contributed by atoms with Crippen molar-refractivity contribution < 1.29 is 34.2 Å². The summed E-state index contributed by atoms with van der Waals surface area (Å²) in [5.41, 5.74) is 16.5. The third kappa shape index (κ3) is 13.2. The first-order valence-corrected chi connectivity index (χ1v) is 10.9. The Labute approximate surface area is 198 Å². The molecule has 0 heterocycles. The van der Waals surface area contributed by atoms with Gasteiger partial charge in [0.25, 0.3) is 0 Å². The van der Waals surface area contributed by atoms with Crippen LogP contribution in [0.1, 0.15) is 52.9 Å². The number of rotatable bonds is 16. The van der Waals surface area contributed by atoms with Gasteiger partial charge in [-0.05, 0) is 38.5 Å². The number of carbonyl (C=O) groups excluding carboxylic acids is 3. The molecule has 14 nitrogen and oxygen atoms in total. The predicted octanol–water partition coefficient (Wildman–Crippen LogP) is -2.16. The van der Waals surface area contributed by atoms with Gasteiger partial charge in [0.1, 0.15) is 18.1 Å². The van der Waals surface area contributed by atoms with E-state index in [1.165, 1.54) is 6.92 Å². The molecule has 4 unspecified atom stereocenters. The molecule has 34 heavy (non-hydrogen) atoms. The van der Waals surface area contributed by atoms with Gasteiger partial charge in [-0.2, -0.15) is 0 Å². The number of carboxylic acid groups (broad SMARTS) is 2. The van der Waals surface area contributed by atoms with Crippen LogP contribution in [-0.4, -0.2) is 76.5 Å². The number of aliphatic imine (C=N–C) groups is 1. The second kappa shape index (κ2) is 15.4. The van der Waals surface area contributed by atoms with Crippen LogP contribution in [0.5, 0.6) is 0 Å². The van der Waals surface area contributed by atoms with Crippen LogP contribution in [0.15, 0.2) is 4.99 Å². The molecule has 0 rings (SSSR count). The summed E-state index contributed by atoms with van der Waals surface area (Å²) >= 11 is 0. The van der Waals surface area contributed by atoms with Crippen molar-refractivity contribution in [3.63, 3.8) is 0 Å². The largest absolute Gasteiger partial charge is 0.481 e. The highest BCUT2D eigenvalue weighted by molar-refractivity contribution is 5.94. The zero-order valence-corrected chi connectivity index (χ0v) is 19.7. The summed E-state index contributed by atoms with van der Waals surface area (Å²) < 4.78 is 0. The lowest BCUT2D eigenvalue weighted by Gasteiger charge is -2.25. The highest BCUT2D eigenvalue weighted by Gasteiger charge is 2.29. The van der Waals surface area contributed by atoms with E-state index in [1.54, 1.807) is 0 Å². The van der Waals surface area contributed by atoms with E-state index in [0.717, 1.165) is 0 Å². The molecule has 194 valence electrons. The van der Waals surface area contributed by atoms with E-state index in [0.29, 0.717) is 12.8 Å². The van der Waals surface area contributed by atoms with Gasteiger partial charge in [-0.3, -0.25) is 29.0 Å². The molecule has 0 aliphatic rings. The number of nitrogens with one attached hydrogen (secondary N) is 3. The van der Waals surface area contributed by atoms with Crippen LogP contribution in [0.25, 0.3) is 0 Å². The molecule has 0 fully saturated rings. The number of carboxylic acids is 2. The zero-order valence-electron chi connectivity index (χ0n) is 19.7.